The number of amides is 1. The van der Waals surface area contributed by atoms with Crippen LogP contribution in [0.3, 0.4) is 0 Å². The molecule has 0 radical (unpaired) electrons. The number of nitrogens with zero attached hydrogens (tertiary/aromatic N) is 1. The van der Waals surface area contributed by atoms with E-state index in [-0.39, 0.29) is 18.0 Å². The zero-order valence-electron chi connectivity index (χ0n) is 17.0. The van der Waals surface area contributed by atoms with Crippen LogP contribution in [0.25, 0.3) is 0 Å². The third-order valence-electron chi connectivity index (χ3n) is 4.36. The summed E-state index contributed by atoms with van der Waals surface area (Å²) in [6.45, 7) is -1.60. The molecule has 0 bridgehead atoms. The summed E-state index contributed by atoms with van der Waals surface area (Å²) in [5.74, 6) is -16.2. The van der Waals surface area contributed by atoms with Crippen LogP contribution in [-0.2, 0) is 29.2 Å². The molecule has 1 aliphatic heterocycles. The van der Waals surface area contributed by atoms with E-state index in [2.05, 4.69) is 21.4 Å². The van der Waals surface area contributed by atoms with Crippen molar-refractivity contribution in [2.45, 2.75) is 35.7 Å². The molecular formula is C15H16F10N2O7S. The molecule has 1 saturated heterocycles. The Morgan fingerprint density at radius 1 is 0.971 bits per heavy atom. The second-order valence-corrected chi connectivity index (χ2v) is 8.28. The van der Waals surface area contributed by atoms with Crippen molar-refractivity contribution in [3.05, 3.63) is 12.2 Å². The van der Waals surface area contributed by atoms with E-state index in [0.29, 0.717) is 0 Å². The highest BCUT2D eigenvalue weighted by Crippen LogP contribution is 2.43. The van der Waals surface area contributed by atoms with E-state index in [4.69, 9.17) is 4.55 Å². The Balaban J connectivity index is 3.42. The van der Waals surface area contributed by atoms with Gasteiger partial charge in [-0.15, -0.1) is 0 Å². The zero-order valence-corrected chi connectivity index (χ0v) is 17.8. The Morgan fingerprint density at radius 2 is 1.46 bits per heavy atom. The first kappa shape index (κ1) is 30.8. The van der Waals surface area contributed by atoms with E-state index < -0.39 is 83.0 Å². The number of esters is 1. The van der Waals surface area contributed by atoms with Gasteiger partial charge in [-0.3, -0.25) is 9.35 Å². The van der Waals surface area contributed by atoms with Crippen molar-refractivity contribution in [3.63, 3.8) is 0 Å². The van der Waals surface area contributed by atoms with Crippen LogP contribution in [0.2, 0.25) is 0 Å². The maximum Gasteiger partial charge on any atom is 0.466 e. The number of hydrogen-bond acceptors (Lipinski definition) is 7. The van der Waals surface area contributed by atoms with E-state index in [1.165, 1.54) is 0 Å². The van der Waals surface area contributed by atoms with Crippen LogP contribution in [0.4, 0.5) is 43.9 Å². The van der Waals surface area contributed by atoms with Gasteiger partial charge in [0.05, 0.1) is 6.61 Å². The van der Waals surface area contributed by atoms with Crippen LogP contribution in [0.5, 0.6) is 0 Å². The lowest BCUT2D eigenvalue weighted by atomic mass is 10.1. The van der Waals surface area contributed by atoms with Crippen LogP contribution in [-0.4, -0.2) is 91.8 Å². The minimum atomic E-state index is -6.80. The van der Waals surface area contributed by atoms with Gasteiger partial charge < -0.3 is 19.7 Å². The minimum absolute atomic E-state index is 0.165. The Labute approximate surface area is 189 Å². The summed E-state index contributed by atoms with van der Waals surface area (Å²) in [7, 11) is -6.80. The predicted molar refractivity (Wildman–Crippen MR) is 91.5 cm³/mol. The number of piperazine rings is 1. The molecule has 204 valence electrons. The summed E-state index contributed by atoms with van der Waals surface area (Å²) in [6.07, 6.45) is -14.6. The van der Waals surface area contributed by atoms with E-state index in [9.17, 15) is 61.9 Å². The van der Waals surface area contributed by atoms with Crippen molar-refractivity contribution in [2.75, 3.05) is 32.8 Å². The summed E-state index contributed by atoms with van der Waals surface area (Å²) in [5.41, 5.74) is -2.56. The molecule has 0 aliphatic carbocycles. The summed E-state index contributed by atoms with van der Waals surface area (Å²) >= 11 is 0. The molecule has 1 aliphatic rings. The van der Waals surface area contributed by atoms with Crippen molar-refractivity contribution < 1.29 is 75.9 Å². The maximum atomic E-state index is 13.9. The van der Waals surface area contributed by atoms with Crippen molar-refractivity contribution >= 4 is 22.0 Å². The molecule has 9 nitrogen and oxygen atoms in total. The highest BCUT2D eigenvalue weighted by atomic mass is 32.2. The molecule has 1 fully saturated rings. The summed E-state index contributed by atoms with van der Waals surface area (Å²) < 4.78 is 170. The van der Waals surface area contributed by atoms with Gasteiger partial charge in [0.2, 0.25) is 0 Å². The molecule has 0 saturated carbocycles. The zero-order chi connectivity index (χ0) is 27.7. The number of hydrogen-bond donors (Lipinski definition) is 2. The SMILES string of the molecule is C=C(C(=O)OC(OCCC(F)(F)C(F)(F)S(=O)(=O)O)(C(=O)N1CCNCC1)C(F)(F)F)C(F)(F)F. The summed E-state index contributed by atoms with van der Waals surface area (Å²) in [4.78, 5) is 24.6. The molecule has 1 amide bonds. The van der Waals surface area contributed by atoms with Crippen LogP contribution < -0.4 is 5.32 Å². The normalized spacial score (nSPS) is 18.1. The van der Waals surface area contributed by atoms with Crippen molar-refractivity contribution in [2.24, 2.45) is 0 Å². The van der Waals surface area contributed by atoms with Crippen LogP contribution in [0, 0.1) is 0 Å². The molecule has 1 heterocycles. The lowest BCUT2D eigenvalue weighted by molar-refractivity contribution is -0.353. The van der Waals surface area contributed by atoms with Crippen LogP contribution in [0.1, 0.15) is 6.42 Å². The fraction of sp³-hybridized carbons (Fsp3) is 0.733. The lowest BCUT2D eigenvalue weighted by Gasteiger charge is -2.38. The standard InChI is InChI=1S/C15H16F10N2O7S/c1-8(13(18,19)20)9(28)34-12(14(21,22)23,10(29)27-5-3-26-4-6-27)33-7-2-11(16,17)15(24,25)35(30,31)32/h26H,1-7H2,(H,30,31,32). The van der Waals surface area contributed by atoms with Crippen LogP contribution >= 0.6 is 0 Å². The van der Waals surface area contributed by atoms with E-state index in [0.717, 1.165) is 0 Å². The fourth-order valence-corrected chi connectivity index (χ4v) is 2.92. The molecule has 35 heavy (non-hydrogen) atoms. The van der Waals surface area contributed by atoms with Gasteiger partial charge in [-0.2, -0.15) is 52.3 Å². The van der Waals surface area contributed by atoms with E-state index in [1.807, 2.05) is 0 Å². The molecule has 0 aromatic carbocycles. The highest BCUT2D eigenvalue weighted by Gasteiger charge is 2.69. The molecular weight excluding hydrogens is 542 g/mol. The average Bonchev–Trinajstić information content (AvgIpc) is 2.69. The Kier molecular flexibility index (Phi) is 8.86. The molecule has 1 unspecified atom stereocenters. The van der Waals surface area contributed by atoms with E-state index >= 15 is 0 Å². The number of rotatable bonds is 9. The van der Waals surface area contributed by atoms with Gasteiger partial charge in [0, 0.05) is 32.6 Å². The van der Waals surface area contributed by atoms with E-state index in [1.54, 1.807) is 0 Å². The second kappa shape index (κ2) is 10.1. The summed E-state index contributed by atoms with van der Waals surface area (Å²) in [5, 5.41) is -3.66. The highest BCUT2D eigenvalue weighted by molar-refractivity contribution is 7.87. The number of nitrogens with one attached hydrogen (secondary N) is 1. The third kappa shape index (κ3) is 6.53. The molecule has 0 aromatic heterocycles. The van der Waals surface area contributed by atoms with Crippen LogP contribution in [0.15, 0.2) is 12.2 Å². The molecule has 2 N–H and O–H groups in total. The van der Waals surface area contributed by atoms with Gasteiger partial charge in [0.25, 0.3) is 0 Å². The van der Waals surface area contributed by atoms with Gasteiger partial charge in [0.15, 0.2) is 0 Å². The largest absolute Gasteiger partial charge is 0.466 e. The lowest BCUT2D eigenvalue weighted by Crippen LogP contribution is -2.64. The number of carbonyl (C=O) groups is 2. The quantitative estimate of drug-likeness (QED) is 0.145. The Bertz CT molecular complexity index is 929. The van der Waals surface area contributed by atoms with Crippen molar-refractivity contribution in [3.8, 4) is 0 Å². The fourth-order valence-electron chi connectivity index (χ4n) is 2.44. The van der Waals surface area contributed by atoms with Gasteiger partial charge >= 0.3 is 51.3 Å². The maximum absolute atomic E-state index is 13.9. The molecule has 1 rings (SSSR count). The Morgan fingerprint density at radius 3 is 1.86 bits per heavy atom. The number of carbonyl (C=O) groups excluding carboxylic acids is 2. The average molecular weight is 558 g/mol. The third-order valence-corrected chi connectivity index (χ3v) is 5.30. The topological polar surface area (TPSA) is 122 Å². The van der Waals surface area contributed by atoms with Crippen molar-refractivity contribution in [1.82, 2.24) is 10.2 Å². The second-order valence-electron chi connectivity index (χ2n) is 6.82. The molecule has 0 spiro atoms. The Hall–Kier alpha value is -2.19. The number of alkyl halides is 10. The summed E-state index contributed by atoms with van der Waals surface area (Å²) in [6, 6.07) is 0. The number of ether oxygens (including phenoxy) is 2. The van der Waals surface area contributed by atoms with Gasteiger partial charge in [0.1, 0.15) is 5.57 Å². The first-order valence-corrected chi connectivity index (χ1v) is 10.4. The first-order valence-electron chi connectivity index (χ1n) is 8.94. The minimum Gasteiger partial charge on any atom is -0.412 e. The molecule has 0 aromatic rings. The predicted octanol–water partition coefficient (Wildman–Crippen LogP) is 1.86. The molecule has 1 atom stereocenters. The smallest absolute Gasteiger partial charge is 0.412 e. The monoisotopic (exact) mass is 558 g/mol. The van der Waals surface area contributed by atoms with Gasteiger partial charge in [-0.05, 0) is 0 Å². The first-order chi connectivity index (χ1) is 15.5. The van der Waals surface area contributed by atoms with Gasteiger partial charge in [-0.25, -0.2) is 4.79 Å². The number of halogens is 10. The molecule has 20 heteroatoms. The van der Waals surface area contributed by atoms with Crippen molar-refractivity contribution in [1.29, 1.82) is 0 Å². The van der Waals surface area contributed by atoms with Gasteiger partial charge in [-0.1, -0.05) is 6.58 Å².